The van der Waals surface area contributed by atoms with Crippen LogP contribution in [0.2, 0.25) is 0 Å². The topological polar surface area (TPSA) is 33.5 Å². The molecule has 0 spiro atoms. The number of hydrogen-bond acceptors (Lipinski definition) is 4. The summed E-state index contributed by atoms with van der Waals surface area (Å²) in [5.74, 6) is 1.01. The number of hydrogen-bond donors (Lipinski definition) is 0. The standard InChI is InChI=1S/C18H19NO2S2/c20-18(9-1-6-16-7-3-11-22-16)19(13-15-5-2-10-21-15)14-17-8-4-12-23-17/h2-5,7-8,10-12H,1,6,9,13-14H2. The lowest BCUT2D eigenvalue weighted by atomic mass is 10.2. The number of carbonyl (C=O) groups is 1. The predicted octanol–water partition coefficient (Wildman–Crippen LogP) is 4.95. The Hall–Kier alpha value is -1.85. The molecule has 0 aliphatic rings. The van der Waals surface area contributed by atoms with Crippen LogP contribution in [-0.2, 0) is 24.3 Å². The molecule has 5 heteroatoms. The number of amides is 1. The van der Waals surface area contributed by atoms with E-state index in [0.29, 0.717) is 19.5 Å². The zero-order valence-corrected chi connectivity index (χ0v) is 14.4. The summed E-state index contributed by atoms with van der Waals surface area (Å²) in [5, 5.41) is 4.12. The third-order valence-electron chi connectivity index (χ3n) is 3.60. The molecule has 3 nitrogen and oxygen atoms in total. The van der Waals surface area contributed by atoms with Crippen molar-refractivity contribution in [2.24, 2.45) is 0 Å². The van der Waals surface area contributed by atoms with Gasteiger partial charge in [-0.2, -0.15) is 0 Å². The number of furan rings is 1. The second kappa shape index (κ2) is 8.13. The zero-order chi connectivity index (χ0) is 15.9. The molecule has 3 aromatic heterocycles. The minimum atomic E-state index is 0.186. The number of carbonyl (C=O) groups excluding carboxylic acids is 1. The summed E-state index contributed by atoms with van der Waals surface area (Å²) < 4.78 is 5.41. The van der Waals surface area contributed by atoms with E-state index >= 15 is 0 Å². The summed E-state index contributed by atoms with van der Waals surface area (Å²) in [6.45, 7) is 1.18. The fourth-order valence-corrected chi connectivity index (χ4v) is 3.91. The second-order valence-electron chi connectivity index (χ2n) is 5.34. The van der Waals surface area contributed by atoms with E-state index in [9.17, 15) is 4.79 Å². The highest BCUT2D eigenvalue weighted by Crippen LogP contribution is 2.17. The maximum absolute atomic E-state index is 12.6. The molecule has 0 aliphatic carbocycles. The van der Waals surface area contributed by atoms with Crippen molar-refractivity contribution in [3.8, 4) is 0 Å². The third-order valence-corrected chi connectivity index (χ3v) is 5.40. The molecule has 0 aromatic carbocycles. The number of aryl methyl sites for hydroxylation is 1. The van der Waals surface area contributed by atoms with E-state index in [4.69, 9.17) is 4.42 Å². The Morgan fingerprint density at radius 2 is 1.78 bits per heavy atom. The van der Waals surface area contributed by atoms with Gasteiger partial charge in [0.05, 0.1) is 19.4 Å². The van der Waals surface area contributed by atoms with Crippen molar-refractivity contribution in [1.29, 1.82) is 0 Å². The van der Waals surface area contributed by atoms with Gasteiger partial charge in [-0.3, -0.25) is 4.79 Å². The maximum Gasteiger partial charge on any atom is 0.223 e. The SMILES string of the molecule is O=C(CCCc1cccs1)N(Cc1ccco1)Cc1cccs1. The van der Waals surface area contributed by atoms with E-state index in [0.717, 1.165) is 18.6 Å². The number of rotatable bonds is 8. The molecule has 120 valence electrons. The minimum absolute atomic E-state index is 0.186. The van der Waals surface area contributed by atoms with Crippen molar-refractivity contribution in [3.63, 3.8) is 0 Å². The maximum atomic E-state index is 12.6. The fraction of sp³-hybridized carbons (Fsp3) is 0.278. The van der Waals surface area contributed by atoms with Crippen LogP contribution < -0.4 is 0 Å². The quantitative estimate of drug-likeness (QED) is 0.578. The van der Waals surface area contributed by atoms with Crippen LogP contribution in [0.5, 0.6) is 0 Å². The van der Waals surface area contributed by atoms with E-state index in [1.807, 2.05) is 28.5 Å². The molecular formula is C18H19NO2S2. The lowest BCUT2D eigenvalue weighted by Crippen LogP contribution is -2.29. The summed E-state index contributed by atoms with van der Waals surface area (Å²) in [6.07, 6.45) is 4.08. The predicted molar refractivity (Wildman–Crippen MR) is 94.5 cm³/mol. The Labute approximate surface area is 144 Å². The Kier molecular flexibility index (Phi) is 5.66. The summed E-state index contributed by atoms with van der Waals surface area (Å²) in [6, 6.07) is 12.1. The van der Waals surface area contributed by atoms with Gasteiger partial charge in [-0.25, -0.2) is 0 Å². The summed E-state index contributed by atoms with van der Waals surface area (Å²) in [5.41, 5.74) is 0. The van der Waals surface area contributed by atoms with Gasteiger partial charge in [0.1, 0.15) is 5.76 Å². The van der Waals surface area contributed by atoms with E-state index < -0.39 is 0 Å². The summed E-state index contributed by atoms with van der Waals surface area (Å²) >= 11 is 3.43. The molecule has 0 saturated carbocycles. The molecular weight excluding hydrogens is 326 g/mol. The van der Waals surface area contributed by atoms with Crippen molar-refractivity contribution < 1.29 is 9.21 Å². The first kappa shape index (κ1) is 16.0. The van der Waals surface area contributed by atoms with Crippen LogP contribution in [-0.4, -0.2) is 10.8 Å². The molecule has 3 aromatic rings. The minimum Gasteiger partial charge on any atom is -0.467 e. The van der Waals surface area contributed by atoms with Crippen LogP contribution in [0.4, 0.5) is 0 Å². The van der Waals surface area contributed by atoms with Crippen molar-refractivity contribution in [2.75, 3.05) is 0 Å². The van der Waals surface area contributed by atoms with Crippen molar-refractivity contribution >= 4 is 28.6 Å². The molecule has 0 saturated heterocycles. The fourth-order valence-electron chi connectivity index (χ4n) is 2.44. The monoisotopic (exact) mass is 345 g/mol. The Balaban J connectivity index is 1.58. The first-order valence-corrected chi connectivity index (χ1v) is 9.42. The largest absolute Gasteiger partial charge is 0.467 e. The molecule has 0 aliphatic heterocycles. The molecule has 0 atom stereocenters. The van der Waals surface area contributed by atoms with Crippen LogP contribution in [0, 0.1) is 0 Å². The average Bonchev–Trinajstić information content (AvgIpc) is 3.30. The highest BCUT2D eigenvalue weighted by molar-refractivity contribution is 7.10. The molecule has 3 rings (SSSR count). The van der Waals surface area contributed by atoms with Crippen molar-refractivity contribution in [1.82, 2.24) is 4.90 Å². The molecule has 0 unspecified atom stereocenters. The molecule has 3 heterocycles. The average molecular weight is 345 g/mol. The Morgan fingerprint density at radius 3 is 2.43 bits per heavy atom. The molecule has 23 heavy (non-hydrogen) atoms. The van der Waals surface area contributed by atoms with Crippen LogP contribution in [0.25, 0.3) is 0 Å². The van der Waals surface area contributed by atoms with E-state index in [1.54, 1.807) is 28.9 Å². The smallest absolute Gasteiger partial charge is 0.223 e. The van der Waals surface area contributed by atoms with Gasteiger partial charge in [0.25, 0.3) is 0 Å². The van der Waals surface area contributed by atoms with Crippen LogP contribution in [0.1, 0.15) is 28.4 Å². The van der Waals surface area contributed by atoms with Gasteiger partial charge in [0.2, 0.25) is 5.91 Å². The van der Waals surface area contributed by atoms with E-state index in [2.05, 4.69) is 23.6 Å². The third kappa shape index (κ3) is 4.81. The highest BCUT2D eigenvalue weighted by atomic mass is 32.1. The Bertz CT molecular complexity index is 651. The second-order valence-corrected chi connectivity index (χ2v) is 7.41. The molecule has 0 N–H and O–H groups in total. The van der Waals surface area contributed by atoms with E-state index in [1.165, 1.54) is 9.75 Å². The summed E-state index contributed by atoms with van der Waals surface area (Å²) in [7, 11) is 0. The van der Waals surface area contributed by atoms with Gasteiger partial charge in [0.15, 0.2) is 0 Å². The lowest BCUT2D eigenvalue weighted by Gasteiger charge is -2.21. The van der Waals surface area contributed by atoms with E-state index in [-0.39, 0.29) is 5.91 Å². The van der Waals surface area contributed by atoms with Gasteiger partial charge < -0.3 is 9.32 Å². The zero-order valence-electron chi connectivity index (χ0n) is 12.8. The molecule has 1 amide bonds. The van der Waals surface area contributed by atoms with Crippen LogP contribution in [0.15, 0.2) is 57.8 Å². The van der Waals surface area contributed by atoms with Crippen molar-refractivity contribution in [2.45, 2.75) is 32.4 Å². The van der Waals surface area contributed by atoms with Gasteiger partial charge >= 0.3 is 0 Å². The normalized spacial score (nSPS) is 10.8. The first-order valence-electron chi connectivity index (χ1n) is 7.66. The van der Waals surface area contributed by atoms with Crippen molar-refractivity contribution in [3.05, 3.63) is 68.9 Å². The molecule has 0 bridgehead atoms. The molecule has 0 radical (unpaired) electrons. The lowest BCUT2D eigenvalue weighted by molar-refractivity contribution is -0.132. The van der Waals surface area contributed by atoms with Gasteiger partial charge in [-0.15, -0.1) is 22.7 Å². The Morgan fingerprint density at radius 1 is 1.00 bits per heavy atom. The van der Waals surface area contributed by atoms with Crippen LogP contribution >= 0.6 is 22.7 Å². The summed E-state index contributed by atoms with van der Waals surface area (Å²) in [4.78, 5) is 17.0. The van der Waals surface area contributed by atoms with Gasteiger partial charge in [-0.1, -0.05) is 12.1 Å². The first-order chi connectivity index (χ1) is 11.3. The molecule has 0 fully saturated rings. The number of thiophene rings is 2. The van der Waals surface area contributed by atoms with Gasteiger partial charge in [0, 0.05) is 16.2 Å². The van der Waals surface area contributed by atoms with Crippen LogP contribution in [0.3, 0.4) is 0 Å². The van der Waals surface area contributed by atoms with Gasteiger partial charge in [-0.05, 0) is 47.9 Å². The number of nitrogens with zero attached hydrogens (tertiary/aromatic N) is 1. The highest BCUT2D eigenvalue weighted by Gasteiger charge is 2.16.